The Morgan fingerprint density at radius 3 is 1.71 bits per heavy atom. The molecule has 0 spiro atoms. The van der Waals surface area contributed by atoms with E-state index in [0.717, 1.165) is 12.8 Å². The number of hydrogen-bond acceptors (Lipinski definition) is 6. The van der Waals surface area contributed by atoms with E-state index >= 15 is 0 Å². The normalized spacial score (nSPS) is 15.1. The van der Waals surface area contributed by atoms with Gasteiger partial charge in [-0.15, -0.1) is 0 Å². The van der Waals surface area contributed by atoms with Crippen molar-refractivity contribution < 1.29 is 23.7 Å². The van der Waals surface area contributed by atoms with E-state index in [-0.39, 0.29) is 22.7 Å². The second-order valence-electron chi connectivity index (χ2n) is 9.99. The van der Waals surface area contributed by atoms with Crippen LogP contribution in [0.2, 0.25) is 0 Å². The van der Waals surface area contributed by atoms with Gasteiger partial charge in [0, 0.05) is 26.7 Å². The van der Waals surface area contributed by atoms with Crippen LogP contribution < -0.4 is 5.73 Å². The Balaban J connectivity index is 5.11. The number of methoxy groups -OCH3 is 2. The van der Waals surface area contributed by atoms with Gasteiger partial charge in [0.15, 0.2) is 0 Å². The highest BCUT2D eigenvalue weighted by Crippen LogP contribution is 2.33. The maximum absolute atomic E-state index is 6.31. The van der Waals surface area contributed by atoms with Crippen molar-refractivity contribution in [2.45, 2.75) is 90.6 Å². The summed E-state index contributed by atoms with van der Waals surface area (Å²) in [5.74, 6) is 0.151. The summed E-state index contributed by atoms with van der Waals surface area (Å²) >= 11 is 0. The lowest BCUT2D eigenvalue weighted by Gasteiger charge is -2.41. The molecule has 0 saturated heterocycles. The Labute approximate surface area is 173 Å². The zero-order valence-corrected chi connectivity index (χ0v) is 20.1. The van der Waals surface area contributed by atoms with Crippen molar-refractivity contribution in [3.63, 3.8) is 0 Å². The first-order valence-corrected chi connectivity index (χ1v) is 10.4. The predicted molar refractivity (Wildman–Crippen MR) is 115 cm³/mol. The average molecular weight is 406 g/mol. The lowest BCUT2D eigenvalue weighted by molar-refractivity contribution is -0.160. The van der Waals surface area contributed by atoms with E-state index in [4.69, 9.17) is 29.4 Å². The largest absolute Gasteiger partial charge is 0.381 e. The van der Waals surface area contributed by atoms with Crippen molar-refractivity contribution in [1.82, 2.24) is 0 Å². The van der Waals surface area contributed by atoms with Gasteiger partial charge in [0.1, 0.15) is 0 Å². The Kier molecular flexibility index (Phi) is 11.7. The molecule has 170 valence electrons. The molecule has 2 N–H and O–H groups in total. The summed E-state index contributed by atoms with van der Waals surface area (Å²) in [5, 5.41) is 0. The van der Waals surface area contributed by atoms with Crippen molar-refractivity contribution in [3.8, 4) is 0 Å². The standard InChI is InChI=1S/C22H47NO5/c1-19(2,27-16-20(3,4)24-9)14-18(15-26-13-11-12-23)22(7,8)28-17-21(5,6)25-10/h18H,11-17,23H2,1-10H3. The molecule has 0 aromatic heterocycles. The molecular formula is C22H47NO5. The Hall–Kier alpha value is -0.240. The molecule has 6 nitrogen and oxygen atoms in total. The van der Waals surface area contributed by atoms with E-state index in [1.807, 2.05) is 27.7 Å². The van der Waals surface area contributed by atoms with Crippen LogP contribution in [-0.2, 0) is 23.7 Å². The molecule has 1 atom stereocenters. The van der Waals surface area contributed by atoms with Crippen LogP contribution in [0.5, 0.6) is 0 Å². The highest BCUT2D eigenvalue weighted by atomic mass is 16.6. The maximum atomic E-state index is 6.31. The van der Waals surface area contributed by atoms with Gasteiger partial charge in [0.05, 0.1) is 42.2 Å². The minimum atomic E-state index is -0.393. The van der Waals surface area contributed by atoms with Gasteiger partial charge in [-0.1, -0.05) is 0 Å². The molecule has 0 aliphatic carbocycles. The van der Waals surface area contributed by atoms with Crippen LogP contribution >= 0.6 is 0 Å². The maximum Gasteiger partial charge on any atom is 0.0855 e. The summed E-state index contributed by atoms with van der Waals surface area (Å²) in [6.07, 6.45) is 1.66. The van der Waals surface area contributed by atoms with Crippen LogP contribution in [0.3, 0.4) is 0 Å². The molecule has 1 unspecified atom stereocenters. The van der Waals surface area contributed by atoms with Gasteiger partial charge in [-0.25, -0.2) is 0 Å². The van der Waals surface area contributed by atoms with Crippen LogP contribution in [0.1, 0.15) is 68.2 Å². The highest BCUT2D eigenvalue weighted by Gasteiger charge is 2.38. The fourth-order valence-corrected chi connectivity index (χ4v) is 2.53. The average Bonchev–Trinajstić information content (AvgIpc) is 2.61. The zero-order chi connectivity index (χ0) is 22.1. The van der Waals surface area contributed by atoms with Crippen LogP contribution in [0.25, 0.3) is 0 Å². The molecule has 0 heterocycles. The van der Waals surface area contributed by atoms with Crippen molar-refractivity contribution >= 4 is 0 Å². The van der Waals surface area contributed by atoms with Crippen LogP contribution in [0.15, 0.2) is 0 Å². The summed E-state index contributed by atoms with van der Waals surface area (Å²) < 4.78 is 29.4. The molecule has 0 bridgehead atoms. The lowest BCUT2D eigenvalue weighted by atomic mass is 9.82. The third kappa shape index (κ3) is 11.7. The van der Waals surface area contributed by atoms with Crippen LogP contribution in [0, 0.1) is 5.92 Å². The van der Waals surface area contributed by atoms with Crippen molar-refractivity contribution in [2.75, 3.05) is 47.2 Å². The summed E-state index contributed by atoms with van der Waals surface area (Å²) in [7, 11) is 3.41. The summed E-state index contributed by atoms with van der Waals surface area (Å²) in [4.78, 5) is 0. The van der Waals surface area contributed by atoms with Gasteiger partial charge >= 0.3 is 0 Å². The first-order chi connectivity index (χ1) is 12.7. The van der Waals surface area contributed by atoms with Gasteiger partial charge in [0.25, 0.3) is 0 Å². The van der Waals surface area contributed by atoms with Crippen molar-refractivity contribution in [2.24, 2.45) is 11.7 Å². The first-order valence-electron chi connectivity index (χ1n) is 10.4. The van der Waals surface area contributed by atoms with Gasteiger partial charge in [0.2, 0.25) is 0 Å². The van der Waals surface area contributed by atoms with E-state index in [1.54, 1.807) is 14.2 Å². The number of rotatable bonds is 16. The van der Waals surface area contributed by atoms with E-state index in [1.165, 1.54) is 0 Å². The SMILES string of the molecule is COC(C)(C)COC(C)(C)CC(COCCCN)C(C)(C)OCC(C)(C)OC. The third-order valence-corrected chi connectivity index (χ3v) is 5.24. The Morgan fingerprint density at radius 1 is 0.750 bits per heavy atom. The number of ether oxygens (including phenoxy) is 5. The molecule has 6 heteroatoms. The topological polar surface area (TPSA) is 72.2 Å². The minimum absolute atomic E-state index is 0.151. The number of nitrogens with two attached hydrogens (primary N) is 1. The van der Waals surface area contributed by atoms with Gasteiger partial charge in [-0.2, -0.15) is 0 Å². The monoisotopic (exact) mass is 405 g/mol. The quantitative estimate of drug-likeness (QED) is 0.394. The molecule has 0 rings (SSSR count). The molecular weight excluding hydrogens is 358 g/mol. The first kappa shape index (κ1) is 27.8. The smallest absolute Gasteiger partial charge is 0.0855 e. The third-order valence-electron chi connectivity index (χ3n) is 5.24. The van der Waals surface area contributed by atoms with E-state index < -0.39 is 5.60 Å². The van der Waals surface area contributed by atoms with Crippen LogP contribution in [-0.4, -0.2) is 69.6 Å². The molecule has 0 aliphatic heterocycles. The molecule has 0 aromatic carbocycles. The zero-order valence-electron chi connectivity index (χ0n) is 20.1. The summed E-state index contributed by atoms with van der Waals surface area (Å²) in [6, 6.07) is 0. The fraction of sp³-hybridized carbons (Fsp3) is 1.00. The van der Waals surface area contributed by atoms with E-state index in [2.05, 4.69) is 27.7 Å². The molecule has 0 aromatic rings. The van der Waals surface area contributed by atoms with E-state index in [9.17, 15) is 0 Å². The second-order valence-corrected chi connectivity index (χ2v) is 9.99. The van der Waals surface area contributed by atoms with E-state index in [0.29, 0.717) is 33.0 Å². The highest BCUT2D eigenvalue weighted by molar-refractivity contribution is 4.87. The Bertz CT molecular complexity index is 421. The molecule has 0 aliphatic rings. The minimum Gasteiger partial charge on any atom is -0.381 e. The molecule has 28 heavy (non-hydrogen) atoms. The molecule has 0 amide bonds. The molecule has 0 fully saturated rings. The second kappa shape index (κ2) is 11.8. The van der Waals surface area contributed by atoms with Crippen LogP contribution in [0.4, 0.5) is 0 Å². The van der Waals surface area contributed by atoms with Gasteiger partial charge < -0.3 is 29.4 Å². The van der Waals surface area contributed by atoms with Crippen molar-refractivity contribution in [3.05, 3.63) is 0 Å². The predicted octanol–water partition coefficient (Wildman–Crippen LogP) is 3.80. The van der Waals surface area contributed by atoms with Gasteiger partial charge in [-0.05, 0) is 74.8 Å². The van der Waals surface area contributed by atoms with Gasteiger partial charge in [-0.3, -0.25) is 0 Å². The summed E-state index contributed by atoms with van der Waals surface area (Å²) in [6.45, 7) is 19.5. The number of hydrogen-bond donors (Lipinski definition) is 1. The Morgan fingerprint density at radius 2 is 1.25 bits per heavy atom. The molecule has 0 saturated carbocycles. The molecule has 0 radical (unpaired) electrons. The summed E-state index contributed by atoms with van der Waals surface area (Å²) in [5.41, 5.74) is 4.20. The fourth-order valence-electron chi connectivity index (χ4n) is 2.53. The van der Waals surface area contributed by atoms with Crippen molar-refractivity contribution in [1.29, 1.82) is 0 Å². The lowest BCUT2D eigenvalue weighted by Crippen LogP contribution is -2.46.